The van der Waals surface area contributed by atoms with Gasteiger partial charge in [-0.25, -0.2) is 4.98 Å². The van der Waals surface area contributed by atoms with Gasteiger partial charge in [0.1, 0.15) is 5.82 Å². The largest absolute Gasteiger partial charge is 0.378 e. The van der Waals surface area contributed by atoms with Crippen molar-refractivity contribution in [3.05, 3.63) is 11.8 Å². The van der Waals surface area contributed by atoms with Crippen LogP contribution in [0.1, 0.15) is 18.5 Å². The second-order valence-electron chi connectivity index (χ2n) is 7.06. The minimum absolute atomic E-state index is 0.300. The molecule has 3 aliphatic rings. The molecule has 3 aliphatic heterocycles. The molecule has 2 N–H and O–H groups in total. The number of aromatic nitrogens is 2. The van der Waals surface area contributed by atoms with Crippen molar-refractivity contribution < 1.29 is 4.74 Å². The molecule has 0 aliphatic carbocycles. The molecule has 22 heavy (non-hydrogen) atoms. The number of hydrogen-bond donors (Lipinski definition) is 1. The van der Waals surface area contributed by atoms with Crippen molar-refractivity contribution in [3.8, 4) is 0 Å². The third-order valence-electron chi connectivity index (χ3n) is 5.24. The third kappa shape index (κ3) is 2.77. The molecule has 0 spiro atoms. The van der Waals surface area contributed by atoms with Gasteiger partial charge in [0.25, 0.3) is 0 Å². The smallest absolute Gasteiger partial charge is 0.222 e. The molecular weight excluding hydrogens is 278 g/mol. The van der Waals surface area contributed by atoms with Crippen molar-refractivity contribution in [3.63, 3.8) is 0 Å². The average Bonchev–Trinajstić information content (AvgIpc) is 3.14. The van der Waals surface area contributed by atoms with Crippen molar-refractivity contribution in [2.75, 3.05) is 50.5 Å². The first-order chi connectivity index (χ1) is 10.7. The van der Waals surface area contributed by atoms with Gasteiger partial charge >= 0.3 is 0 Å². The predicted octanol–water partition coefficient (Wildman–Crippen LogP) is 0.778. The van der Waals surface area contributed by atoms with Crippen LogP contribution in [-0.2, 0) is 11.2 Å². The predicted molar refractivity (Wildman–Crippen MR) is 85.8 cm³/mol. The van der Waals surface area contributed by atoms with Gasteiger partial charge in [-0.15, -0.1) is 0 Å². The van der Waals surface area contributed by atoms with Gasteiger partial charge in [0.15, 0.2) is 0 Å². The van der Waals surface area contributed by atoms with E-state index in [1.165, 1.54) is 13.1 Å². The van der Waals surface area contributed by atoms with Gasteiger partial charge in [-0.05, 0) is 31.7 Å². The van der Waals surface area contributed by atoms with E-state index in [1.54, 1.807) is 0 Å². The Hall–Kier alpha value is -1.40. The molecule has 4 heterocycles. The van der Waals surface area contributed by atoms with E-state index in [2.05, 4.69) is 32.9 Å². The summed E-state index contributed by atoms with van der Waals surface area (Å²) in [6, 6.07) is 2.11. The lowest BCUT2D eigenvalue weighted by Gasteiger charge is -2.21. The summed E-state index contributed by atoms with van der Waals surface area (Å²) in [5.74, 6) is 2.92. The number of hydrogen-bond acceptors (Lipinski definition) is 6. The number of nitrogens with two attached hydrogens (primary N) is 1. The highest BCUT2D eigenvalue weighted by molar-refractivity contribution is 5.45. The maximum Gasteiger partial charge on any atom is 0.222 e. The zero-order valence-corrected chi connectivity index (χ0v) is 13.2. The van der Waals surface area contributed by atoms with Crippen LogP contribution in [0.2, 0.25) is 0 Å². The summed E-state index contributed by atoms with van der Waals surface area (Å²) in [5, 5.41) is 0. The minimum atomic E-state index is 0.300. The van der Waals surface area contributed by atoms with Crippen LogP contribution in [0.25, 0.3) is 0 Å². The van der Waals surface area contributed by atoms with Crippen molar-refractivity contribution >= 4 is 11.8 Å². The van der Waals surface area contributed by atoms with E-state index in [0.29, 0.717) is 12.1 Å². The van der Waals surface area contributed by atoms with E-state index < -0.39 is 0 Å². The molecule has 4 rings (SSSR count). The molecule has 1 unspecified atom stereocenters. The van der Waals surface area contributed by atoms with Crippen LogP contribution in [0, 0.1) is 11.8 Å². The SMILES string of the molecule is CN1C[C@@H]2CN(c3cc(CC4CCCO4)nc(N)n3)C[C@@H]2C1. The lowest BCUT2D eigenvalue weighted by molar-refractivity contribution is 0.110. The molecule has 0 aromatic carbocycles. The molecule has 3 saturated heterocycles. The molecule has 3 fully saturated rings. The number of ether oxygens (including phenoxy) is 1. The molecule has 1 aromatic rings. The highest BCUT2D eigenvalue weighted by Crippen LogP contribution is 2.33. The first kappa shape index (κ1) is 14.2. The molecule has 0 radical (unpaired) electrons. The van der Waals surface area contributed by atoms with E-state index in [-0.39, 0.29) is 0 Å². The first-order valence-electron chi connectivity index (χ1n) is 8.36. The summed E-state index contributed by atoms with van der Waals surface area (Å²) in [7, 11) is 2.21. The van der Waals surface area contributed by atoms with Gasteiger partial charge in [0, 0.05) is 45.3 Å². The second-order valence-corrected chi connectivity index (χ2v) is 7.06. The van der Waals surface area contributed by atoms with Gasteiger partial charge in [0.05, 0.1) is 11.8 Å². The van der Waals surface area contributed by atoms with Gasteiger partial charge < -0.3 is 20.3 Å². The molecule has 3 atom stereocenters. The number of nitrogen functional groups attached to an aromatic ring is 1. The number of nitrogens with zero attached hydrogens (tertiary/aromatic N) is 4. The van der Waals surface area contributed by atoms with Crippen LogP contribution in [0.5, 0.6) is 0 Å². The molecule has 0 bridgehead atoms. The molecule has 0 saturated carbocycles. The minimum Gasteiger partial charge on any atom is -0.378 e. The summed E-state index contributed by atoms with van der Waals surface area (Å²) in [4.78, 5) is 13.7. The molecule has 0 amide bonds. The standard InChI is InChI=1S/C16H25N5O/c1-20-7-11-9-21(10-12(11)8-20)15-6-13(18-16(17)19-15)5-14-3-2-4-22-14/h6,11-12,14H,2-5,7-10H2,1H3,(H2,17,18,19)/t11-,12+,14?. The van der Waals surface area contributed by atoms with Crippen LogP contribution < -0.4 is 10.6 Å². The van der Waals surface area contributed by atoms with Crippen LogP contribution in [-0.4, -0.2) is 60.8 Å². The quantitative estimate of drug-likeness (QED) is 0.890. The van der Waals surface area contributed by atoms with E-state index in [0.717, 1.165) is 62.3 Å². The Balaban J connectivity index is 1.48. The molecule has 6 nitrogen and oxygen atoms in total. The van der Waals surface area contributed by atoms with Crippen molar-refractivity contribution in [2.45, 2.75) is 25.4 Å². The Morgan fingerprint density at radius 3 is 2.68 bits per heavy atom. The van der Waals surface area contributed by atoms with Crippen LogP contribution >= 0.6 is 0 Å². The average molecular weight is 303 g/mol. The maximum absolute atomic E-state index is 5.94. The number of likely N-dealkylation sites (tertiary alicyclic amines) is 1. The second kappa shape index (κ2) is 5.66. The zero-order chi connectivity index (χ0) is 15.1. The van der Waals surface area contributed by atoms with Gasteiger partial charge in [0.2, 0.25) is 5.95 Å². The van der Waals surface area contributed by atoms with E-state index in [1.807, 2.05) is 0 Å². The van der Waals surface area contributed by atoms with Crippen LogP contribution in [0.4, 0.5) is 11.8 Å². The monoisotopic (exact) mass is 303 g/mol. The summed E-state index contributed by atoms with van der Waals surface area (Å²) in [6.45, 7) is 5.45. The molecule has 6 heteroatoms. The van der Waals surface area contributed by atoms with Crippen molar-refractivity contribution in [1.29, 1.82) is 0 Å². The number of anilines is 2. The van der Waals surface area contributed by atoms with Crippen molar-refractivity contribution in [1.82, 2.24) is 14.9 Å². The zero-order valence-electron chi connectivity index (χ0n) is 13.2. The Morgan fingerprint density at radius 2 is 2.00 bits per heavy atom. The fourth-order valence-electron chi connectivity index (χ4n) is 4.22. The van der Waals surface area contributed by atoms with Gasteiger partial charge in [-0.3, -0.25) is 0 Å². The maximum atomic E-state index is 5.94. The lowest BCUT2D eigenvalue weighted by atomic mass is 10.0. The van der Waals surface area contributed by atoms with Gasteiger partial charge in [-0.1, -0.05) is 0 Å². The Labute approximate surface area is 131 Å². The number of fused-ring (bicyclic) bond motifs is 1. The molecule has 1 aromatic heterocycles. The lowest BCUT2D eigenvalue weighted by Crippen LogP contribution is -2.27. The summed E-state index contributed by atoms with van der Waals surface area (Å²) in [6.07, 6.45) is 3.43. The molecule has 120 valence electrons. The summed E-state index contributed by atoms with van der Waals surface area (Å²) >= 11 is 0. The van der Waals surface area contributed by atoms with E-state index in [9.17, 15) is 0 Å². The normalized spacial score (nSPS) is 31.9. The fraction of sp³-hybridized carbons (Fsp3) is 0.750. The Kier molecular flexibility index (Phi) is 3.66. The fourth-order valence-corrected chi connectivity index (χ4v) is 4.22. The highest BCUT2D eigenvalue weighted by atomic mass is 16.5. The Bertz CT molecular complexity index is 531. The van der Waals surface area contributed by atoms with Crippen molar-refractivity contribution in [2.24, 2.45) is 11.8 Å². The molecular formula is C16H25N5O. The third-order valence-corrected chi connectivity index (χ3v) is 5.24. The first-order valence-corrected chi connectivity index (χ1v) is 8.36. The van der Waals surface area contributed by atoms with E-state index >= 15 is 0 Å². The van der Waals surface area contributed by atoms with Gasteiger partial charge in [-0.2, -0.15) is 4.98 Å². The topological polar surface area (TPSA) is 67.5 Å². The van der Waals surface area contributed by atoms with Crippen LogP contribution in [0.3, 0.4) is 0 Å². The Morgan fingerprint density at radius 1 is 1.23 bits per heavy atom. The summed E-state index contributed by atoms with van der Waals surface area (Å²) < 4.78 is 5.71. The summed E-state index contributed by atoms with van der Waals surface area (Å²) in [5.41, 5.74) is 6.96. The van der Waals surface area contributed by atoms with Crippen LogP contribution in [0.15, 0.2) is 6.07 Å². The van der Waals surface area contributed by atoms with E-state index in [4.69, 9.17) is 10.5 Å². The highest BCUT2D eigenvalue weighted by Gasteiger charge is 2.39. The number of rotatable bonds is 3.